The van der Waals surface area contributed by atoms with Crippen LogP contribution in [0.15, 0.2) is 36.4 Å². The molecule has 0 bridgehead atoms. The van der Waals surface area contributed by atoms with Crippen LogP contribution in [0.1, 0.15) is 105 Å². The number of quaternary nitrogens is 1. The zero-order chi connectivity index (χ0) is 25.5. The van der Waals surface area contributed by atoms with E-state index in [1.54, 1.807) is 16.8 Å². The largest absolute Gasteiger partial charge is 0.490 e. The summed E-state index contributed by atoms with van der Waals surface area (Å²) in [5.74, 6) is 2.08. The maximum atomic E-state index is 11.1. The van der Waals surface area contributed by atoms with Crippen molar-refractivity contribution >= 4 is 10.9 Å². The Labute approximate surface area is 222 Å². The number of aliphatic hydroxyl groups is 1. The first kappa shape index (κ1) is 25.0. The quantitative estimate of drug-likeness (QED) is 0.427. The van der Waals surface area contributed by atoms with E-state index in [4.69, 9.17) is 4.74 Å². The van der Waals surface area contributed by atoms with E-state index in [1.165, 1.54) is 78.3 Å². The summed E-state index contributed by atoms with van der Waals surface area (Å²) in [4.78, 5) is 1.54. The maximum Gasteiger partial charge on any atom is 0.137 e. The Morgan fingerprint density at radius 3 is 2.68 bits per heavy atom. The first-order valence-corrected chi connectivity index (χ1v) is 14.9. The molecule has 0 amide bonds. The molecule has 0 saturated heterocycles. The number of aromatic nitrogens is 1. The first-order valence-electron chi connectivity index (χ1n) is 14.9. The van der Waals surface area contributed by atoms with Gasteiger partial charge < -0.3 is 19.3 Å². The minimum atomic E-state index is -0.463. The van der Waals surface area contributed by atoms with E-state index in [2.05, 4.69) is 61.7 Å². The Morgan fingerprint density at radius 2 is 1.86 bits per heavy atom. The minimum Gasteiger partial charge on any atom is -0.490 e. The summed E-state index contributed by atoms with van der Waals surface area (Å²) >= 11 is 0. The van der Waals surface area contributed by atoms with Crippen molar-refractivity contribution in [2.24, 2.45) is 0 Å². The zero-order valence-corrected chi connectivity index (χ0v) is 23.1. The summed E-state index contributed by atoms with van der Waals surface area (Å²) in [5.41, 5.74) is 8.61. The Morgan fingerprint density at radius 1 is 1.03 bits per heavy atom. The van der Waals surface area contributed by atoms with E-state index in [-0.39, 0.29) is 0 Å². The number of nitrogens with zero attached hydrogens (tertiary/aromatic N) is 1. The normalized spacial score (nSPS) is 22.8. The average molecular weight is 502 g/mol. The Balaban J connectivity index is 1.20. The van der Waals surface area contributed by atoms with Gasteiger partial charge in [-0.2, -0.15) is 0 Å². The zero-order valence-electron chi connectivity index (χ0n) is 23.1. The van der Waals surface area contributed by atoms with Crippen LogP contribution in [0, 0.1) is 6.92 Å². The predicted octanol–water partition coefficient (Wildman–Crippen LogP) is 5.84. The van der Waals surface area contributed by atoms with E-state index in [1.807, 2.05) is 0 Å². The molecular weight excluding hydrogens is 456 g/mol. The molecule has 2 heterocycles. The lowest BCUT2D eigenvalue weighted by Gasteiger charge is -2.37. The van der Waals surface area contributed by atoms with Gasteiger partial charge in [0.2, 0.25) is 0 Å². The van der Waals surface area contributed by atoms with Gasteiger partial charge >= 0.3 is 0 Å². The summed E-state index contributed by atoms with van der Waals surface area (Å²) in [6, 6.07) is 14.3. The molecule has 1 saturated carbocycles. The van der Waals surface area contributed by atoms with Crippen molar-refractivity contribution in [3.8, 4) is 5.75 Å². The number of benzene rings is 2. The van der Waals surface area contributed by atoms with Gasteiger partial charge in [-0.05, 0) is 84.9 Å². The molecule has 198 valence electrons. The second-order valence-electron chi connectivity index (χ2n) is 12.3. The van der Waals surface area contributed by atoms with Crippen LogP contribution in [0.5, 0.6) is 5.75 Å². The fraction of sp³-hybridized carbons (Fsp3) is 0.576. The van der Waals surface area contributed by atoms with Gasteiger partial charge in [0.25, 0.3) is 0 Å². The molecule has 0 spiro atoms. The summed E-state index contributed by atoms with van der Waals surface area (Å²) in [6.45, 7) is 9.73. The SMILES string of the molecule is Cc1ccc(C(C)C)c(OC[C@@H](O)C[NH+]2CCn3c4c(c5cc(C6CCCCC6)ccc53)CCC[C@@H]42)c1. The monoisotopic (exact) mass is 501 g/mol. The van der Waals surface area contributed by atoms with Crippen molar-refractivity contribution in [3.63, 3.8) is 0 Å². The molecule has 1 aromatic heterocycles. The number of aliphatic hydroxyl groups excluding tert-OH is 1. The topological polar surface area (TPSA) is 38.8 Å². The third-order valence-corrected chi connectivity index (χ3v) is 9.43. The third kappa shape index (κ3) is 4.83. The van der Waals surface area contributed by atoms with Gasteiger partial charge in [0.1, 0.15) is 31.0 Å². The maximum absolute atomic E-state index is 11.1. The third-order valence-electron chi connectivity index (χ3n) is 9.43. The van der Waals surface area contributed by atoms with Crippen molar-refractivity contribution in [3.05, 3.63) is 64.3 Å². The van der Waals surface area contributed by atoms with Gasteiger partial charge in [-0.1, -0.05) is 51.3 Å². The molecule has 2 N–H and O–H groups in total. The molecule has 2 aromatic carbocycles. The van der Waals surface area contributed by atoms with Gasteiger partial charge in [0, 0.05) is 17.3 Å². The number of hydrogen-bond donors (Lipinski definition) is 2. The molecule has 4 nitrogen and oxygen atoms in total. The predicted molar refractivity (Wildman–Crippen MR) is 151 cm³/mol. The fourth-order valence-corrected chi connectivity index (χ4v) is 7.54. The van der Waals surface area contributed by atoms with Crippen LogP contribution in [0.25, 0.3) is 10.9 Å². The molecule has 0 radical (unpaired) electrons. The van der Waals surface area contributed by atoms with E-state index >= 15 is 0 Å². The van der Waals surface area contributed by atoms with Crippen LogP contribution >= 0.6 is 0 Å². The average Bonchev–Trinajstić information content (AvgIpc) is 3.23. The number of rotatable bonds is 7. The summed E-state index contributed by atoms with van der Waals surface area (Å²) in [6.07, 6.45) is 10.1. The summed E-state index contributed by atoms with van der Waals surface area (Å²) in [5, 5.41) is 12.6. The molecule has 3 aliphatic rings. The molecule has 1 unspecified atom stereocenters. The standard InChI is InChI=1S/C33H44N2O2/c1-22(2)27-14-12-23(3)18-32(27)37-21-26(36)20-34-16-17-35-30-15-13-25(24-8-5-4-6-9-24)19-29(30)28-10-7-11-31(34)33(28)35/h12-15,18-19,22,24,26,31,36H,4-11,16-17,20-21H2,1-3H3/p+1/t26-,31-/m0/s1. The number of ether oxygens (including phenoxy) is 1. The van der Waals surface area contributed by atoms with Crippen LogP contribution in [0.3, 0.4) is 0 Å². The molecule has 3 aromatic rings. The Hall–Kier alpha value is -2.30. The molecule has 37 heavy (non-hydrogen) atoms. The van der Waals surface area contributed by atoms with Gasteiger partial charge in [0.05, 0.1) is 18.8 Å². The first-order chi connectivity index (χ1) is 18.0. The minimum absolute atomic E-state index is 0.361. The number of nitrogens with one attached hydrogen (secondary N) is 1. The molecule has 3 atom stereocenters. The highest BCUT2D eigenvalue weighted by Gasteiger charge is 2.38. The molecular formula is C33H45N2O2+. The lowest BCUT2D eigenvalue weighted by Crippen LogP contribution is -3.14. The van der Waals surface area contributed by atoms with Gasteiger partial charge in [-0.25, -0.2) is 0 Å². The van der Waals surface area contributed by atoms with Crippen molar-refractivity contribution in [1.29, 1.82) is 0 Å². The van der Waals surface area contributed by atoms with E-state index < -0.39 is 6.10 Å². The molecule has 1 fully saturated rings. The fourth-order valence-electron chi connectivity index (χ4n) is 7.54. The van der Waals surface area contributed by atoms with Crippen LogP contribution in [-0.4, -0.2) is 35.5 Å². The summed E-state index contributed by atoms with van der Waals surface area (Å²) in [7, 11) is 0. The van der Waals surface area contributed by atoms with E-state index in [9.17, 15) is 5.11 Å². The van der Waals surface area contributed by atoms with Gasteiger partial charge in [-0.15, -0.1) is 0 Å². The Bertz CT molecular complexity index is 1250. The lowest BCUT2D eigenvalue weighted by atomic mass is 9.83. The number of hydrogen-bond acceptors (Lipinski definition) is 2. The Kier molecular flexibility index (Phi) is 7.07. The second kappa shape index (κ2) is 10.5. The molecule has 6 rings (SSSR count). The summed E-state index contributed by atoms with van der Waals surface area (Å²) < 4.78 is 8.84. The number of fused-ring (bicyclic) bond motifs is 3. The van der Waals surface area contributed by atoms with Gasteiger partial charge in [-0.3, -0.25) is 0 Å². The van der Waals surface area contributed by atoms with Gasteiger partial charge in [0.15, 0.2) is 0 Å². The van der Waals surface area contributed by atoms with Crippen molar-refractivity contribution in [2.45, 2.75) is 103 Å². The van der Waals surface area contributed by atoms with E-state index in [0.717, 1.165) is 31.3 Å². The molecule has 1 aliphatic heterocycles. The molecule has 2 aliphatic carbocycles. The highest BCUT2D eigenvalue weighted by Crippen LogP contribution is 2.40. The van der Waals surface area contributed by atoms with E-state index in [0.29, 0.717) is 18.6 Å². The second-order valence-corrected chi connectivity index (χ2v) is 12.3. The van der Waals surface area contributed by atoms with Crippen molar-refractivity contribution in [1.82, 2.24) is 4.57 Å². The highest BCUT2D eigenvalue weighted by molar-refractivity contribution is 5.87. The van der Waals surface area contributed by atoms with Crippen LogP contribution in [0.4, 0.5) is 0 Å². The lowest BCUT2D eigenvalue weighted by molar-refractivity contribution is -0.939. The van der Waals surface area contributed by atoms with Crippen LogP contribution in [0.2, 0.25) is 0 Å². The molecule has 4 heteroatoms. The van der Waals surface area contributed by atoms with Crippen molar-refractivity contribution < 1.29 is 14.7 Å². The smallest absolute Gasteiger partial charge is 0.137 e. The van der Waals surface area contributed by atoms with Crippen molar-refractivity contribution in [2.75, 3.05) is 19.7 Å². The van der Waals surface area contributed by atoms with Crippen LogP contribution < -0.4 is 9.64 Å². The number of aryl methyl sites for hydroxylation is 2. The van der Waals surface area contributed by atoms with Crippen LogP contribution in [-0.2, 0) is 13.0 Å². The highest BCUT2D eigenvalue weighted by atomic mass is 16.5.